The molecule has 0 atom stereocenters. The summed E-state index contributed by atoms with van der Waals surface area (Å²) in [5, 5.41) is 46.4. The van der Waals surface area contributed by atoms with Crippen LogP contribution >= 0.6 is 0 Å². The lowest BCUT2D eigenvalue weighted by atomic mass is 10.3. The lowest BCUT2D eigenvalue weighted by Crippen LogP contribution is -1.84. The highest BCUT2D eigenvalue weighted by atomic mass is 16.5. The maximum Gasteiger partial charge on any atom is 0.283 e. The molecule has 7 nitrogen and oxygen atoms in total. The first-order valence-corrected chi connectivity index (χ1v) is 5.40. The fourth-order valence-electron chi connectivity index (χ4n) is 1.21. The third-order valence-corrected chi connectivity index (χ3v) is 1.95. The second kappa shape index (κ2) is 10.4. The molecule has 4 N–H and O–H groups in total. The molecule has 0 fully saturated rings. The summed E-state index contributed by atoms with van der Waals surface area (Å²) in [7, 11) is 0. The van der Waals surface area contributed by atoms with Gasteiger partial charge in [-0.2, -0.15) is 10.5 Å². The zero-order chi connectivity index (χ0) is 16.1. The molecule has 0 aliphatic carbocycles. The number of nitrogens with zero attached hydrogens (tertiary/aromatic N) is 2. The number of benzene rings is 2. The van der Waals surface area contributed by atoms with Gasteiger partial charge in [0.05, 0.1) is 0 Å². The number of rotatable bonds is 2. The van der Waals surface area contributed by atoms with Crippen LogP contribution < -0.4 is 4.74 Å². The summed E-state index contributed by atoms with van der Waals surface area (Å²) in [5.74, 6) is 0.722. The number of hydrogen-bond acceptors (Lipinski definition) is 7. The van der Waals surface area contributed by atoms with Crippen LogP contribution in [0.4, 0.5) is 0 Å². The predicted octanol–water partition coefficient (Wildman–Crippen LogP) is 2.57. The predicted molar refractivity (Wildman–Crippen MR) is 71.4 cm³/mol. The van der Waals surface area contributed by atoms with E-state index in [0.29, 0.717) is 11.5 Å². The molecular weight excluding hydrogens is 276 g/mol. The number of hydrogen-bond donors (Lipinski definition) is 4. The normalized spacial score (nSPS) is 7.71. The molecule has 0 saturated heterocycles. The van der Waals surface area contributed by atoms with Crippen LogP contribution in [0, 0.1) is 23.0 Å². The number of phenols is 2. The molecule has 0 saturated carbocycles. The Morgan fingerprint density at radius 2 is 1.00 bits per heavy atom. The van der Waals surface area contributed by atoms with Gasteiger partial charge in [0.15, 0.2) is 23.0 Å². The van der Waals surface area contributed by atoms with Gasteiger partial charge in [-0.25, -0.2) is 0 Å². The quantitative estimate of drug-likeness (QED) is 0.623. The number of nitriles is 2. The van der Waals surface area contributed by atoms with Gasteiger partial charge in [-0.1, -0.05) is 24.3 Å². The minimum atomic E-state index is 0.0424. The molecule has 0 unspecified atom stereocenters. The van der Waals surface area contributed by atoms with E-state index < -0.39 is 0 Å². The molecule has 2 aromatic carbocycles. The standard InChI is InChI=1S/C12H10O3.2CHNO/c13-9-5-1-3-7-11(9)15-12-8-4-2-6-10(12)14;2*2-1-3/h1-8,13-14H;2*3H. The Hall–Kier alpha value is -3.58. The van der Waals surface area contributed by atoms with Crippen molar-refractivity contribution in [2.24, 2.45) is 0 Å². The Morgan fingerprint density at radius 3 is 1.29 bits per heavy atom. The SMILES string of the molecule is N#CO.N#CO.Oc1ccccc1Oc1ccccc1O. The van der Waals surface area contributed by atoms with Crippen molar-refractivity contribution in [2.45, 2.75) is 0 Å². The molecule has 0 spiro atoms. The molecule has 2 rings (SSSR count). The number of ether oxygens (including phenoxy) is 1. The summed E-state index contributed by atoms with van der Waals surface area (Å²) >= 11 is 0. The van der Waals surface area contributed by atoms with E-state index in [9.17, 15) is 10.2 Å². The van der Waals surface area contributed by atoms with Crippen LogP contribution in [-0.4, -0.2) is 20.4 Å². The van der Waals surface area contributed by atoms with Crippen LogP contribution in [0.25, 0.3) is 0 Å². The molecule has 0 aromatic heterocycles. The van der Waals surface area contributed by atoms with E-state index >= 15 is 0 Å². The van der Waals surface area contributed by atoms with Gasteiger partial charge >= 0.3 is 0 Å². The molecule has 0 aliphatic rings. The number of para-hydroxylation sites is 4. The topological polar surface area (TPSA) is 138 Å². The fraction of sp³-hybridized carbons (Fsp3) is 0. The van der Waals surface area contributed by atoms with Crippen molar-refractivity contribution < 1.29 is 25.2 Å². The molecule has 0 aliphatic heterocycles. The average molecular weight is 288 g/mol. The first kappa shape index (κ1) is 17.4. The van der Waals surface area contributed by atoms with Crippen LogP contribution in [0.2, 0.25) is 0 Å². The molecule has 0 bridgehead atoms. The first-order chi connectivity index (χ1) is 10.1. The third kappa shape index (κ3) is 6.79. The van der Waals surface area contributed by atoms with Crippen molar-refractivity contribution in [3.8, 4) is 35.5 Å². The summed E-state index contributed by atoms with van der Waals surface area (Å²) in [4.78, 5) is 0. The van der Waals surface area contributed by atoms with Crippen molar-refractivity contribution in [1.82, 2.24) is 0 Å². The maximum atomic E-state index is 9.46. The van der Waals surface area contributed by atoms with E-state index in [2.05, 4.69) is 0 Å². The Labute approximate surface area is 120 Å². The molecule has 0 radical (unpaired) electrons. The molecular formula is C14H12N2O5. The van der Waals surface area contributed by atoms with E-state index in [1.165, 1.54) is 12.1 Å². The van der Waals surface area contributed by atoms with E-state index in [1.54, 1.807) is 36.4 Å². The average Bonchev–Trinajstić information content (AvgIpc) is 2.45. The van der Waals surface area contributed by atoms with Crippen LogP contribution in [0.1, 0.15) is 0 Å². The summed E-state index contributed by atoms with van der Waals surface area (Å²) < 4.78 is 5.34. The zero-order valence-electron chi connectivity index (χ0n) is 10.7. The van der Waals surface area contributed by atoms with Crippen LogP contribution in [0.3, 0.4) is 0 Å². The van der Waals surface area contributed by atoms with Crippen LogP contribution in [-0.2, 0) is 0 Å². The second-order valence-corrected chi connectivity index (χ2v) is 3.24. The largest absolute Gasteiger partial charge is 0.504 e. The zero-order valence-corrected chi connectivity index (χ0v) is 10.7. The van der Waals surface area contributed by atoms with Gasteiger partial charge in [0.25, 0.3) is 12.5 Å². The molecule has 108 valence electrons. The van der Waals surface area contributed by atoms with Gasteiger partial charge in [0.2, 0.25) is 0 Å². The summed E-state index contributed by atoms with van der Waals surface area (Å²) in [6, 6.07) is 13.2. The molecule has 21 heavy (non-hydrogen) atoms. The summed E-state index contributed by atoms with van der Waals surface area (Å²) in [6.07, 6.45) is 1.50. The molecule has 0 heterocycles. The lowest BCUT2D eigenvalue weighted by molar-refractivity contribution is 0.385. The third-order valence-electron chi connectivity index (χ3n) is 1.95. The van der Waals surface area contributed by atoms with Gasteiger partial charge in [0, 0.05) is 0 Å². The Kier molecular flexibility index (Phi) is 8.59. The lowest BCUT2D eigenvalue weighted by Gasteiger charge is -2.08. The van der Waals surface area contributed by atoms with E-state index in [1.807, 2.05) is 0 Å². The van der Waals surface area contributed by atoms with Gasteiger partial charge < -0.3 is 25.2 Å². The van der Waals surface area contributed by atoms with Gasteiger partial charge in [-0.3, -0.25) is 0 Å². The van der Waals surface area contributed by atoms with Crippen molar-refractivity contribution in [1.29, 1.82) is 10.5 Å². The van der Waals surface area contributed by atoms with Gasteiger partial charge in [-0.15, -0.1) is 0 Å². The minimum absolute atomic E-state index is 0.0424. The Bertz CT molecular complexity index is 576. The Balaban J connectivity index is 0.000000578. The molecule has 0 amide bonds. The fourth-order valence-corrected chi connectivity index (χ4v) is 1.21. The smallest absolute Gasteiger partial charge is 0.283 e. The van der Waals surface area contributed by atoms with E-state index in [0.717, 1.165) is 12.5 Å². The molecule has 7 heteroatoms. The second-order valence-electron chi connectivity index (χ2n) is 3.24. The van der Waals surface area contributed by atoms with E-state index in [4.69, 9.17) is 25.5 Å². The number of aromatic hydroxyl groups is 2. The summed E-state index contributed by atoms with van der Waals surface area (Å²) in [6.45, 7) is 0. The number of phenolic OH excluding ortho intramolecular Hbond substituents is 2. The van der Waals surface area contributed by atoms with Crippen molar-refractivity contribution in [2.75, 3.05) is 0 Å². The highest BCUT2D eigenvalue weighted by molar-refractivity contribution is 5.45. The van der Waals surface area contributed by atoms with Crippen molar-refractivity contribution in [3.63, 3.8) is 0 Å². The highest BCUT2D eigenvalue weighted by Gasteiger charge is 2.05. The van der Waals surface area contributed by atoms with Gasteiger partial charge in [0.1, 0.15) is 0 Å². The van der Waals surface area contributed by atoms with Crippen LogP contribution in [0.15, 0.2) is 48.5 Å². The monoisotopic (exact) mass is 288 g/mol. The first-order valence-electron chi connectivity index (χ1n) is 5.40. The number of aliphatic hydroxyl groups is 2. The van der Waals surface area contributed by atoms with Gasteiger partial charge in [-0.05, 0) is 24.3 Å². The Morgan fingerprint density at radius 1 is 0.714 bits per heavy atom. The maximum absolute atomic E-state index is 9.46. The number of aliphatic hydroxyl groups excluding tert-OH is 2. The van der Waals surface area contributed by atoms with E-state index in [-0.39, 0.29) is 11.5 Å². The minimum Gasteiger partial charge on any atom is -0.504 e. The van der Waals surface area contributed by atoms with Crippen molar-refractivity contribution in [3.05, 3.63) is 48.5 Å². The summed E-state index contributed by atoms with van der Waals surface area (Å²) in [5.41, 5.74) is 0. The van der Waals surface area contributed by atoms with Crippen LogP contribution in [0.5, 0.6) is 23.0 Å². The highest BCUT2D eigenvalue weighted by Crippen LogP contribution is 2.34. The van der Waals surface area contributed by atoms with Crippen molar-refractivity contribution >= 4 is 0 Å². The molecule has 2 aromatic rings.